The number of hydrogen-bond acceptors (Lipinski definition) is 6. The number of hydrogen-bond donors (Lipinski definition) is 2. The normalized spacial score (nSPS) is 12.5. The first kappa shape index (κ1) is 22.4. The molecule has 2 aromatic heterocycles. The first-order valence-electron chi connectivity index (χ1n) is 10.3. The largest absolute Gasteiger partial charge is 0.350 e. The van der Waals surface area contributed by atoms with Crippen molar-refractivity contribution in [1.29, 1.82) is 0 Å². The van der Waals surface area contributed by atoms with Crippen LogP contribution < -0.4 is 10.9 Å². The van der Waals surface area contributed by atoms with Crippen molar-refractivity contribution in [2.45, 2.75) is 30.7 Å². The van der Waals surface area contributed by atoms with Crippen LogP contribution in [0.2, 0.25) is 0 Å². The lowest BCUT2D eigenvalue weighted by atomic mass is 10.1. The molecule has 0 spiro atoms. The third kappa shape index (κ3) is 5.01. The number of nitrogens with zero attached hydrogens (tertiary/aromatic N) is 3. The maximum absolute atomic E-state index is 12.5. The topological polar surface area (TPSA) is 127 Å². The number of rotatable bonds is 7. The van der Waals surface area contributed by atoms with Crippen molar-refractivity contribution in [3.8, 4) is 5.69 Å². The summed E-state index contributed by atoms with van der Waals surface area (Å²) in [6.07, 6.45) is 2.99. The number of nitrogens with one attached hydrogen (secondary N) is 2. The molecule has 1 amide bonds. The van der Waals surface area contributed by atoms with Crippen LogP contribution in [0.3, 0.4) is 0 Å². The Hall–Kier alpha value is -3.79. The van der Waals surface area contributed by atoms with Crippen LogP contribution in [0, 0.1) is 0 Å². The van der Waals surface area contributed by atoms with Crippen LogP contribution in [0.5, 0.6) is 0 Å². The highest BCUT2D eigenvalue weighted by molar-refractivity contribution is 7.90. The molecule has 0 radical (unpaired) electrons. The van der Waals surface area contributed by atoms with Crippen molar-refractivity contribution in [1.82, 2.24) is 25.1 Å². The molecule has 0 bridgehead atoms. The Morgan fingerprint density at radius 1 is 1.12 bits per heavy atom. The highest BCUT2D eigenvalue weighted by atomic mass is 32.2. The van der Waals surface area contributed by atoms with Crippen LogP contribution in [0.25, 0.3) is 16.7 Å². The summed E-state index contributed by atoms with van der Waals surface area (Å²) in [6, 6.07) is 15.5. The van der Waals surface area contributed by atoms with Crippen LogP contribution in [-0.4, -0.2) is 40.3 Å². The van der Waals surface area contributed by atoms with Gasteiger partial charge in [-0.25, -0.2) is 18.1 Å². The Bertz CT molecular complexity index is 1460. The van der Waals surface area contributed by atoms with Gasteiger partial charge in [0, 0.05) is 19.1 Å². The van der Waals surface area contributed by atoms with E-state index in [9.17, 15) is 18.0 Å². The fourth-order valence-corrected chi connectivity index (χ4v) is 4.10. The van der Waals surface area contributed by atoms with Gasteiger partial charge in [0.25, 0.3) is 5.56 Å². The second kappa shape index (κ2) is 8.99. The minimum Gasteiger partial charge on any atom is -0.350 e. The van der Waals surface area contributed by atoms with E-state index in [1.807, 2.05) is 37.3 Å². The number of para-hydroxylation sites is 1. The molecule has 0 fully saturated rings. The molecule has 0 aliphatic heterocycles. The molecular weight excluding hydrogens is 442 g/mol. The third-order valence-electron chi connectivity index (χ3n) is 5.26. The fourth-order valence-electron chi connectivity index (χ4n) is 3.47. The second-order valence-corrected chi connectivity index (χ2v) is 9.79. The highest BCUT2D eigenvalue weighted by Gasteiger charge is 2.15. The van der Waals surface area contributed by atoms with Crippen LogP contribution in [0.15, 0.2) is 70.5 Å². The van der Waals surface area contributed by atoms with Gasteiger partial charge in [0.2, 0.25) is 5.91 Å². The fraction of sp³-hybridized carbons (Fsp3) is 0.217. The van der Waals surface area contributed by atoms with E-state index >= 15 is 0 Å². The molecule has 1 unspecified atom stereocenters. The Morgan fingerprint density at radius 2 is 1.82 bits per heavy atom. The standard InChI is InChI=1S/C23H23N5O4S/c1-15(16-8-10-18(11-9-16)33(2,31)32)25-21(29)13-12-20-26-22-19(23(30)27-20)14-24-28(22)17-6-4-3-5-7-17/h3-11,14-15H,12-13H2,1-2H3,(H,25,29)(H,26,27,30). The van der Waals surface area contributed by atoms with Crippen molar-refractivity contribution in [2.24, 2.45) is 0 Å². The molecule has 4 rings (SSSR count). The molecule has 0 saturated heterocycles. The van der Waals surface area contributed by atoms with Gasteiger partial charge in [0.15, 0.2) is 15.5 Å². The van der Waals surface area contributed by atoms with Gasteiger partial charge in [-0.15, -0.1) is 0 Å². The van der Waals surface area contributed by atoms with Crippen molar-refractivity contribution in [2.75, 3.05) is 6.26 Å². The van der Waals surface area contributed by atoms with Gasteiger partial charge in [-0.3, -0.25) is 9.59 Å². The van der Waals surface area contributed by atoms with Crippen molar-refractivity contribution in [3.05, 3.63) is 82.5 Å². The zero-order valence-corrected chi connectivity index (χ0v) is 19.0. The molecule has 9 nitrogen and oxygen atoms in total. The van der Waals surface area contributed by atoms with E-state index < -0.39 is 9.84 Å². The summed E-state index contributed by atoms with van der Waals surface area (Å²) >= 11 is 0. The van der Waals surface area contributed by atoms with Crippen molar-refractivity contribution >= 4 is 26.8 Å². The summed E-state index contributed by atoms with van der Waals surface area (Å²) in [7, 11) is -3.27. The zero-order chi connectivity index (χ0) is 23.6. The number of benzene rings is 2. The third-order valence-corrected chi connectivity index (χ3v) is 6.39. The lowest BCUT2D eigenvalue weighted by Gasteiger charge is -2.14. The molecule has 0 aliphatic rings. The van der Waals surface area contributed by atoms with Gasteiger partial charge < -0.3 is 10.3 Å². The molecule has 4 aromatic rings. The predicted octanol–water partition coefficient (Wildman–Crippen LogP) is 2.32. The molecule has 0 aliphatic carbocycles. The predicted molar refractivity (Wildman–Crippen MR) is 124 cm³/mol. The Kier molecular flexibility index (Phi) is 6.10. The van der Waals surface area contributed by atoms with E-state index in [4.69, 9.17) is 0 Å². The summed E-state index contributed by atoms with van der Waals surface area (Å²) < 4.78 is 24.8. The molecule has 0 saturated carbocycles. The average molecular weight is 466 g/mol. The lowest BCUT2D eigenvalue weighted by molar-refractivity contribution is -0.121. The van der Waals surface area contributed by atoms with Gasteiger partial charge in [-0.1, -0.05) is 30.3 Å². The van der Waals surface area contributed by atoms with E-state index in [-0.39, 0.29) is 35.2 Å². The lowest BCUT2D eigenvalue weighted by Crippen LogP contribution is -2.27. The van der Waals surface area contributed by atoms with E-state index in [1.54, 1.807) is 16.8 Å². The number of carbonyl (C=O) groups excluding carboxylic acids is 1. The van der Waals surface area contributed by atoms with Crippen LogP contribution in [0.1, 0.15) is 30.8 Å². The number of aromatic nitrogens is 4. The molecular formula is C23H23N5O4S. The molecule has 2 aromatic carbocycles. The first-order valence-corrected chi connectivity index (χ1v) is 12.2. The number of sulfone groups is 1. The summed E-state index contributed by atoms with van der Waals surface area (Å²) in [5.41, 5.74) is 1.69. The number of amides is 1. The number of fused-ring (bicyclic) bond motifs is 1. The monoisotopic (exact) mass is 465 g/mol. The van der Waals surface area contributed by atoms with Gasteiger partial charge in [0.05, 0.1) is 22.8 Å². The minimum absolute atomic E-state index is 0.125. The van der Waals surface area contributed by atoms with E-state index in [2.05, 4.69) is 20.4 Å². The van der Waals surface area contributed by atoms with Crippen LogP contribution in [0.4, 0.5) is 0 Å². The summed E-state index contributed by atoms with van der Waals surface area (Å²) in [5, 5.41) is 7.53. The summed E-state index contributed by atoms with van der Waals surface area (Å²) in [5.74, 6) is 0.180. The minimum atomic E-state index is -3.27. The maximum Gasteiger partial charge on any atom is 0.262 e. The van der Waals surface area contributed by atoms with E-state index in [0.717, 1.165) is 17.5 Å². The smallest absolute Gasteiger partial charge is 0.262 e. The zero-order valence-electron chi connectivity index (χ0n) is 18.1. The quantitative estimate of drug-likeness (QED) is 0.431. The molecule has 2 N–H and O–H groups in total. The van der Waals surface area contributed by atoms with Crippen LogP contribution in [-0.2, 0) is 21.1 Å². The molecule has 10 heteroatoms. The van der Waals surface area contributed by atoms with Gasteiger partial charge in [0.1, 0.15) is 11.2 Å². The van der Waals surface area contributed by atoms with Crippen molar-refractivity contribution < 1.29 is 13.2 Å². The number of aromatic amines is 1. The number of H-pyrrole nitrogens is 1. The molecule has 1 atom stereocenters. The Morgan fingerprint density at radius 3 is 2.48 bits per heavy atom. The Labute approximate surface area is 190 Å². The van der Waals surface area contributed by atoms with Gasteiger partial charge in [-0.05, 0) is 36.8 Å². The number of aryl methyl sites for hydroxylation is 1. The maximum atomic E-state index is 12.5. The number of carbonyl (C=O) groups is 1. The molecule has 170 valence electrons. The summed E-state index contributed by atoms with van der Waals surface area (Å²) in [6.45, 7) is 1.82. The van der Waals surface area contributed by atoms with Crippen molar-refractivity contribution in [3.63, 3.8) is 0 Å². The molecule has 33 heavy (non-hydrogen) atoms. The summed E-state index contributed by atoms with van der Waals surface area (Å²) in [4.78, 5) is 32.4. The van der Waals surface area contributed by atoms with Crippen LogP contribution >= 0.6 is 0 Å². The van der Waals surface area contributed by atoms with Gasteiger partial charge in [-0.2, -0.15) is 5.10 Å². The van der Waals surface area contributed by atoms with Gasteiger partial charge >= 0.3 is 0 Å². The molecule has 2 heterocycles. The Balaban J connectivity index is 1.45. The van der Waals surface area contributed by atoms with E-state index in [0.29, 0.717) is 16.9 Å². The second-order valence-electron chi connectivity index (χ2n) is 7.77. The van der Waals surface area contributed by atoms with E-state index in [1.165, 1.54) is 18.3 Å². The highest BCUT2D eigenvalue weighted by Crippen LogP contribution is 2.17. The first-order chi connectivity index (χ1) is 15.7. The average Bonchev–Trinajstić information content (AvgIpc) is 3.22. The SMILES string of the molecule is CC(NC(=O)CCc1nc2c(cnn2-c2ccccc2)c(=O)[nH]1)c1ccc(S(C)(=O)=O)cc1.